The number of aromatic nitrogens is 2. The quantitative estimate of drug-likeness (QED) is 0.385. The first kappa shape index (κ1) is 14.5. The number of nitrogens with zero attached hydrogens (tertiary/aromatic N) is 3. The zero-order chi connectivity index (χ0) is 18.3. The molecule has 0 saturated heterocycles. The van der Waals surface area contributed by atoms with Crippen LogP contribution in [0.2, 0.25) is 0 Å². The topological polar surface area (TPSA) is 45.7 Å². The molecule has 0 fully saturated rings. The molecule has 0 amide bonds. The SMILES string of the molecule is N#Cc1ccc2c(c1)c1cccc3c1n2[B-](F)(F)[n+]1c-3oc2ccccc21. The van der Waals surface area contributed by atoms with E-state index in [4.69, 9.17) is 4.42 Å². The minimum absolute atomic E-state index is 0.155. The van der Waals surface area contributed by atoms with Crippen LogP contribution in [-0.4, -0.2) is 11.4 Å². The molecule has 128 valence electrons. The van der Waals surface area contributed by atoms with E-state index in [-0.39, 0.29) is 5.89 Å². The molecule has 3 aromatic carbocycles. The van der Waals surface area contributed by atoms with Gasteiger partial charge in [-0.3, -0.25) is 4.48 Å². The number of hydrogen-bond donors (Lipinski definition) is 0. The van der Waals surface area contributed by atoms with Gasteiger partial charge in [0.15, 0.2) is 5.58 Å². The van der Waals surface area contributed by atoms with Gasteiger partial charge in [-0.25, -0.2) is 0 Å². The third-order valence-corrected chi connectivity index (χ3v) is 5.35. The van der Waals surface area contributed by atoms with E-state index in [1.54, 1.807) is 48.5 Å². The number of rotatable bonds is 0. The van der Waals surface area contributed by atoms with E-state index in [1.807, 2.05) is 12.1 Å². The van der Waals surface area contributed by atoms with Crippen molar-refractivity contribution in [3.63, 3.8) is 0 Å². The van der Waals surface area contributed by atoms with Crippen molar-refractivity contribution in [1.29, 1.82) is 5.26 Å². The lowest BCUT2D eigenvalue weighted by Gasteiger charge is -2.26. The standard InChI is InChI=1S/C20H10BF2N3O/c22-21(23)25-16-9-8-12(11-24)10-15(16)13-4-3-5-14(19(13)25)20-26(21)17-6-1-2-7-18(17)27-20/h1-10H. The van der Waals surface area contributed by atoms with Crippen molar-refractivity contribution in [2.45, 2.75) is 0 Å². The minimum Gasteiger partial charge on any atom is -0.401 e. The molecule has 2 aromatic heterocycles. The van der Waals surface area contributed by atoms with Crippen molar-refractivity contribution in [3.05, 3.63) is 66.2 Å². The summed E-state index contributed by atoms with van der Waals surface area (Å²) in [7, 11) is 0. The number of halogens is 2. The van der Waals surface area contributed by atoms with Crippen molar-refractivity contribution in [1.82, 2.24) is 4.48 Å². The third-order valence-electron chi connectivity index (χ3n) is 5.35. The van der Waals surface area contributed by atoms with Crippen molar-refractivity contribution in [2.75, 3.05) is 0 Å². The molecular formula is C20H10BF2N3O. The molecule has 0 spiro atoms. The summed E-state index contributed by atoms with van der Waals surface area (Å²) in [5.74, 6) is 0.155. The minimum atomic E-state index is -4.17. The fourth-order valence-electron chi connectivity index (χ4n) is 4.28. The summed E-state index contributed by atoms with van der Waals surface area (Å²) in [4.78, 5) is 0. The Balaban J connectivity index is 1.89. The summed E-state index contributed by atoms with van der Waals surface area (Å²) in [5, 5.41) is 10.5. The van der Waals surface area contributed by atoms with Crippen LogP contribution in [0.3, 0.4) is 0 Å². The predicted octanol–water partition coefficient (Wildman–Crippen LogP) is 4.45. The highest BCUT2D eigenvalue weighted by Crippen LogP contribution is 2.41. The molecule has 5 aromatic rings. The summed E-state index contributed by atoms with van der Waals surface area (Å²) < 4.78 is 39.6. The maximum Gasteiger partial charge on any atom is 0.740 e. The molecule has 0 bridgehead atoms. The van der Waals surface area contributed by atoms with Gasteiger partial charge in [0.1, 0.15) is 5.56 Å². The van der Waals surface area contributed by atoms with Gasteiger partial charge < -0.3 is 17.5 Å². The molecule has 1 aliphatic heterocycles. The molecule has 0 unspecified atom stereocenters. The van der Waals surface area contributed by atoms with E-state index >= 15 is 8.63 Å². The average molecular weight is 357 g/mol. The van der Waals surface area contributed by atoms with E-state index in [1.165, 1.54) is 0 Å². The Morgan fingerprint density at radius 1 is 1.00 bits per heavy atom. The van der Waals surface area contributed by atoms with E-state index in [0.717, 1.165) is 8.96 Å². The lowest BCUT2D eigenvalue weighted by atomic mass is 9.90. The Morgan fingerprint density at radius 2 is 1.85 bits per heavy atom. The Morgan fingerprint density at radius 3 is 2.70 bits per heavy atom. The first-order valence-electron chi connectivity index (χ1n) is 8.54. The molecule has 3 heterocycles. The Hall–Kier alpha value is -3.66. The second kappa shape index (κ2) is 4.54. The first-order chi connectivity index (χ1) is 13.1. The monoisotopic (exact) mass is 357 g/mol. The van der Waals surface area contributed by atoms with E-state index in [0.29, 0.717) is 44.0 Å². The fourth-order valence-corrected chi connectivity index (χ4v) is 4.28. The molecule has 27 heavy (non-hydrogen) atoms. The van der Waals surface area contributed by atoms with Crippen LogP contribution in [0.4, 0.5) is 8.63 Å². The van der Waals surface area contributed by atoms with Gasteiger partial charge >= 0.3 is 12.9 Å². The van der Waals surface area contributed by atoms with Gasteiger partial charge in [0.05, 0.1) is 11.6 Å². The highest BCUT2D eigenvalue weighted by molar-refractivity contribution is 6.59. The lowest BCUT2D eigenvalue weighted by Crippen LogP contribution is -2.65. The molecule has 1 aliphatic rings. The first-order valence-corrected chi connectivity index (χ1v) is 8.54. The molecule has 0 saturated carbocycles. The van der Waals surface area contributed by atoms with Gasteiger partial charge in [-0.1, -0.05) is 24.3 Å². The average Bonchev–Trinajstić information content (AvgIpc) is 3.24. The molecular weight excluding hydrogens is 347 g/mol. The zero-order valence-corrected chi connectivity index (χ0v) is 13.9. The molecule has 4 nitrogen and oxygen atoms in total. The van der Waals surface area contributed by atoms with Crippen LogP contribution in [0.1, 0.15) is 5.56 Å². The normalized spacial score (nSPS) is 14.6. The maximum absolute atomic E-state index is 15.8. The smallest absolute Gasteiger partial charge is 0.401 e. The summed E-state index contributed by atoms with van der Waals surface area (Å²) in [6.07, 6.45) is 0. The predicted molar refractivity (Wildman–Crippen MR) is 98.3 cm³/mol. The van der Waals surface area contributed by atoms with Crippen molar-refractivity contribution in [3.8, 4) is 17.5 Å². The number of hydrogen-bond acceptors (Lipinski definition) is 2. The van der Waals surface area contributed by atoms with Crippen LogP contribution >= 0.6 is 0 Å². The molecule has 7 heteroatoms. The third kappa shape index (κ3) is 1.59. The molecule has 0 N–H and O–H groups in total. The fraction of sp³-hybridized carbons (Fsp3) is 0. The maximum atomic E-state index is 15.8. The van der Waals surface area contributed by atoms with Crippen LogP contribution < -0.4 is 4.48 Å². The van der Waals surface area contributed by atoms with Gasteiger partial charge in [0.25, 0.3) is 0 Å². The zero-order valence-electron chi connectivity index (χ0n) is 13.9. The van der Waals surface area contributed by atoms with Gasteiger partial charge in [-0.05, 0) is 30.3 Å². The summed E-state index contributed by atoms with van der Waals surface area (Å²) >= 11 is 0. The highest BCUT2D eigenvalue weighted by atomic mass is 19.2. The van der Waals surface area contributed by atoms with E-state index < -0.39 is 6.97 Å². The second-order valence-corrected chi connectivity index (χ2v) is 6.75. The van der Waals surface area contributed by atoms with Gasteiger partial charge in [-0.2, -0.15) is 5.26 Å². The second-order valence-electron chi connectivity index (χ2n) is 6.75. The van der Waals surface area contributed by atoms with Crippen LogP contribution in [0.5, 0.6) is 0 Å². The van der Waals surface area contributed by atoms with Crippen LogP contribution in [0, 0.1) is 11.3 Å². The van der Waals surface area contributed by atoms with Gasteiger partial charge in [0.2, 0.25) is 5.52 Å². The van der Waals surface area contributed by atoms with Crippen molar-refractivity contribution in [2.24, 2.45) is 0 Å². The van der Waals surface area contributed by atoms with Crippen molar-refractivity contribution < 1.29 is 17.5 Å². The van der Waals surface area contributed by atoms with Gasteiger partial charge in [0, 0.05) is 27.9 Å². The number of fused-ring (bicyclic) bond motifs is 7. The molecule has 6 rings (SSSR count). The summed E-state index contributed by atoms with van der Waals surface area (Å²) in [6, 6.07) is 19.2. The van der Waals surface area contributed by atoms with E-state index in [9.17, 15) is 5.26 Å². The van der Waals surface area contributed by atoms with Crippen molar-refractivity contribution >= 4 is 39.9 Å². The number of benzene rings is 3. The van der Waals surface area contributed by atoms with Crippen LogP contribution in [-0.2, 0) is 0 Å². The molecule has 0 radical (unpaired) electrons. The Kier molecular flexibility index (Phi) is 2.44. The van der Waals surface area contributed by atoms with Gasteiger partial charge in [-0.15, -0.1) is 0 Å². The largest absolute Gasteiger partial charge is 0.740 e. The Bertz CT molecular complexity index is 1480. The number of oxazole rings is 1. The molecule has 0 aliphatic carbocycles. The number of para-hydroxylation sites is 3. The Labute approximate surface area is 151 Å². The molecule has 0 atom stereocenters. The van der Waals surface area contributed by atoms with Crippen LogP contribution in [0.25, 0.3) is 44.4 Å². The summed E-state index contributed by atoms with van der Waals surface area (Å²) in [6.45, 7) is -4.17. The van der Waals surface area contributed by atoms with E-state index in [2.05, 4.69) is 6.07 Å². The highest BCUT2D eigenvalue weighted by Gasteiger charge is 2.53. The van der Waals surface area contributed by atoms with Crippen LogP contribution in [0.15, 0.2) is 65.1 Å². The number of nitriles is 1. The lowest BCUT2D eigenvalue weighted by molar-refractivity contribution is -0.534. The summed E-state index contributed by atoms with van der Waals surface area (Å²) in [5.41, 5.74) is 2.68.